The third-order valence-corrected chi connectivity index (χ3v) is 5.39. The predicted octanol–water partition coefficient (Wildman–Crippen LogP) is -1.60. The smallest absolute Gasteiger partial charge is 0.326 e. The van der Waals surface area contributed by atoms with Crippen LogP contribution in [0, 0.1) is 0 Å². The molecule has 3 atom stereocenters. The zero-order valence-corrected chi connectivity index (χ0v) is 19.1. The number of thiol groups is 1. The van der Waals surface area contributed by atoms with Gasteiger partial charge in [0.05, 0.1) is 12.6 Å². The molecule has 9 N–H and O–H groups in total. The molecule has 0 aliphatic carbocycles. The second-order valence-electron chi connectivity index (χ2n) is 7.59. The number of carboxylic acids is 1. The number of fused-ring (bicyclic) bond motifs is 1. The van der Waals surface area contributed by atoms with E-state index in [0.717, 1.165) is 10.9 Å². The maximum absolute atomic E-state index is 13.0. The normalized spacial score (nSPS) is 13.5. The minimum absolute atomic E-state index is 0.0356. The fourth-order valence-electron chi connectivity index (χ4n) is 3.17. The lowest BCUT2D eigenvalue weighted by Gasteiger charge is -2.21. The van der Waals surface area contributed by atoms with Crippen LogP contribution in [0.4, 0.5) is 0 Å². The number of nitrogens with one attached hydrogen (secondary N) is 4. The van der Waals surface area contributed by atoms with E-state index in [0.29, 0.717) is 5.56 Å². The van der Waals surface area contributed by atoms with Crippen molar-refractivity contribution in [2.75, 3.05) is 12.3 Å². The third-order valence-electron chi connectivity index (χ3n) is 5.00. The van der Waals surface area contributed by atoms with E-state index in [4.69, 9.17) is 11.5 Å². The molecule has 1 heterocycles. The molecule has 2 rings (SSSR count). The number of carbonyl (C=O) groups excluding carboxylic acids is 4. The number of nitrogens with two attached hydrogens (primary N) is 2. The van der Waals surface area contributed by atoms with Crippen molar-refractivity contribution >= 4 is 53.1 Å². The Hall–Kier alpha value is -3.58. The molecule has 3 unspecified atom stereocenters. The van der Waals surface area contributed by atoms with Crippen molar-refractivity contribution in [1.82, 2.24) is 20.9 Å². The maximum atomic E-state index is 13.0. The van der Waals surface area contributed by atoms with Crippen molar-refractivity contribution in [2.45, 2.75) is 37.4 Å². The number of amides is 4. The summed E-state index contributed by atoms with van der Waals surface area (Å²) < 4.78 is 0. The number of aromatic amines is 1. The van der Waals surface area contributed by atoms with Crippen molar-refractivity contribution in [1.29, 1.82) is 0 Å². The van der Waals surface area contributed by atoms with E-state index in [2.05, 4.69) is 33.6 Å². The molecule has 0 bridgehead atoms. The van der Waals surface area contributed by atoms with Crippen LogP contribution in [0.1, 0.15) is 18.4 Å². The summed E-state index contributed by atoms with van der Waals surface area (Å²) in [6.07, 6.45) is 1.27. The Kier molecular flexibility index (Phi) is 9.89. The van der Waals surface area contributed by atoms with Crippen LogP contribution in [-0.4, -0.2) is 70.1 Å². The molecule has 4 amide bonds. The molecule has 0 saturated heterocycles. The highest BCUT2D eigenvalue weighted by atomic mass is 32.1. The van der Waals surface area contributed by atoms with Crippen LogP contribution in [0.15, 0.2) is 30.5 Å². The van der Waals surface area contributed by atoms with Crippen molar-refractivity contribution in [3.8, 4) is 0 Å². The van der Waals surface area contributed by atoms with Gasteiger partial charge in [-0.3, -0.25) is 19.2 Å². The first-order valence-corrected chi connectivity index (χ1v) is 11.1. The molecule has 0 aliphatic heterocycles. The number of H-pyrrole nitrogens is 1. The van der Waals surface area contributed by atoms with Crippen LogP contribution in [0.2, 0.25) is 0 Å². The van der Waals surface area contributed by atoms with E-state index in [1.54, 1.807) is 6.20 Å². The van der Waals surface area contributed by atoms with Crippen LogP contribution in [0.25, 0.3) is 10.9 Å². The van der Waals surface area contributed by atoms with Crippen molar-refractivity contribution in [3.63, 3.8) is 0 Å². The molecule has 1 aromatic heterocycles. The zero-order chi connectivity index (χ0) is 25.3. The van der Waals surface area contributed by atoms with Crippen LogP contribution >= 0.6 is 12.6 Å². The van der Waals surface area contributed by atoms with E-state index in [9.17, 15) is 29.1 Å². The lowest BCUT2D eigenvalue weighted by Crippen LogP contribution is -2.54. The number of hydrogen-bond donors (Lipinski definition) is 8. The van der Waals surface area contributed by atoms with E-state index >= 15 is 0 Å². The van der Waals surface area contributed by atoms with Gasteiger partial charge in [0.15, 0.2) is 0 Å². The summed E-state index contributed by atoms with van der Waals surface area (Å²) in [5.74, 6) is -4.00. The average Bonchev–Trinajstić information content (AvgIpc) is 3.21. The fraction of sp³-hybridized carbons (Fsp3) is 0.381. The molecule has 0 radical (unpaired) electrons. The van der Waals surface area contributed by atoms with Gasteiger partial charge < -0.3 is 37.5 Å². The van der Waals surface area contributed by atoms with Crippen LogP contribution in [-0.2, 0) is 30.4 Å². The Balaban J connectivity index is 2.17. The Morgan fingerprint density at radius 1 is 1.06 bits per heavy atom. The molecule has 34 heavy (non-hydrogen) atoms. The number of hydrogen-bond acceptors (Lipinski definition) is 7. The number of carboxylic acid groups (broad SMARTS) is 1. The second-order valence-corrected chi connectivity index (χ2v) is 7.96. The van der Waals surface area contributed by atoms with E-state index in [1.807, 2.05) is 24.3 Å². The molecule has 0 fully saturated rings. The molecule has 1 aromatic carbocycles. The molecular weight excluding hydrogens is 464 g/mol. The third kappa shape index (κ3) is 7.78. The number of para-hydroxylation sites is 1. The largest absolute Gasteiger partial charge is 0.480 e. The Morgan fingerprint density at radius 3 is 2.41 bits per heavy atom. The number of carbonyl (C=O) groups is 5. The highest BCUT2D eigenvalue weighted by Gasteiger charge is 2.28. The highest BCUT2D eigenvalue weighted by Crippen LogP contribution is 2.19. The summed E-state index contributed by atoms with van der Waals surface area (Å²) in [5.41, 5.74) is 12.2. The lowest BCUT2D eigenvalue weighted by molar-refractivity contribution is -0.142. The van der Waals surface area contributed by atoms with Gasteiger partial charge in [-0.15, -0.1) is 0 Å². The van der Waals surface area contributed by atoms with E-state index < -0.39 is 54.3 Å². The SMILES string of the molecule is NC(=O)CCC(NC(=O)C(Cc1c[nH]c2ccccc12)NC(=O)CNC(=O)C(N)CS)C(=O)O. The van der Waals surface area contributed by atoms with Crippen LogP contribution < -0.4 is 27.4 Å². The second kappa shape index (κ2) is 12.6. The quantitative estimate of drug-likeness (QED) is 0.153. The van der Waals surface area contributed by atoms with Crippen molar-refractivity contribution < 1.29 is 29.1 Å². The van der Waals surface area contributed by atoms with Gasteiger partial charge in [-0.25, -0.2) is 4.79 Å². The Labute approximate surface area is 200 Å². The summed E-state index contributed by atoms with van der Waals surface area (Å²) in [6.45, 7) is -0.442. The zero-order valence-electron chi connectivity index (χ0n) is 18.2. The van der Waals surface area contributed by atoms with E-state index in [-0.39, 0.29) is 25.0 Å². The minimum Gasteiger partial charge on any atom is -0.480 e. The molecule has 0 aliphatic rings. The summed E-state index contributed by atoms with van der Waals surface area (Å²) in [5, 5.41) is 17.4. The minimum atomic E-state index is -1.38. The first-order chi connectivity index (χ1) is 16.1. The molecule has 12 nitrogen and oxygen atoms in total. The Bertz CT molecular complexity index is 1060. The van der Waals surface area contributed by atoms with Gasteiger partial charge in [0.1, 0.15) is 12.1 Å². The maximum Gasteiger partial charge on any atom is 0.326 e. The molecule has 184 valence electrons. The molecule has 0 spiro atoms. The molecule has 13 heteroatoms. The average molecular weight is 493 g/mol. The van der Waals surface area contributed by atoms with Gasteiger partial charge in [-0.1, -0.05) is 18.2 Å². The van der Waals surface area contributed by atoms with Gasteiger partial charge in [0, 0.05) is 35.7 Å². The molecule has 2 aromatic rings. The lowest BCUT2D eigenvalue weighted by atomic mass is 10.0. The monoisotopic (exact) mass is 492 g/mol. The van der Waals surface area contributed by atoms with Gasteiger partial charge in [-0.05, 0) is 18.1 Å². The first kappa shape index (κ1) is 26.7. The van der Waals surface area contributed by atoms with Gasteiger partial charge in [-0.2, -0.15) is 12.6 Å². The van der Waals surface area contributed by atoms with Crippen LogP contribution in [0.5, 0.6) is 0 Å². The van der Waals surface area contributed by atoms with Crippen LogP contribution in [0.3, 0.4) is 0 Å². The summed E-state index contributed by atoms with van der Waals surface area (Å²) in [7, 11) is 0. The number of rotatable bonds is 13. The standard InChI is InChI=1S/C21H28N6O6S/c22-13(10-34)19(30)25-9-18(29)26-16(7-11-8-24-14-4-2-1-3-12(11)14)20(31)27-15(21(32)33)5-6-17(23)28/h1-4,8,13,15-16,24,34H,5-7,9-10,22H2,(H2,23,28)(H,25,30)(H,26,29)(H,27,31)(H,32,33). The first-order valence-electron chi connectivity index (χ1n) is 10.4. The van der Waals surface area contributed by atoms with Crippen molar-refractivity contribution in [2.24, 2.45) is 11.5 Å². The summed E-state index contributed by atoms with van der Waals surface area (Å²) >= 11 is 3.92. The molecular formula is C21H28N6O6S. The van der Waals surface area contributed by atoms with Gasteiger partial charge in [0.25, 0.3) is 0 Å². The number of primary amides is 1. The van der Waals surface area contributed by atoms with Gasteiger partial charge >= 0.3 is 5.97 Å². The number of benzene rings is 1. The highest BCUT2D eigenvalue weighted by molar-refractivity contribution is 7.80. The fourth-order valence-corrected chi connectivity index (χ4v) is 3.34. The Morgan fingerprint density at radius 2 is 1.76 bits per heavy atom. The number of aliphatic carboxylic acids is 1. The molecule has 0 saturated carbocycles. The summed E-state index contributed by atoms with van der Waals surface area (Å²) in [4.78, 5) is 62.8. The summed E-state index contributed by atoms with van der Waals surface area (Å²) in [6, 6.07) is 3.89. The predicted molar refractivity (Wildman–Crippen MR) is 127 cm³/mol. The topological polar surface area (TPSA) is 209 Å². The van der Waals surface area contributed by atoms with Gasteiger partial charge in [0.2, 0.25) is 23.6 Å². The number of aromatic nitrogens is 1. The van der Waals surface area contributed by atoms with Crippen molar-refractivity contribution in [3.05, 3.63) is 36.0 Å². The van der Waals surface area contributed by atoms with E-state index in [1.165, 1.54) is 0 Å².